The van der Waals surface area contributed by atoms with Crippen molar-refractivity contribution in [2.45, 2.75) is 25.7 Å². The third-order valence-electron chi connectivity index (χ3n) is 6.63. The van der Waals surface area contributed by atoms with Gasteiger partial charge >= 0.3 is 12.1 Å². The Kier molecular flexibility index (Phi) is 9.92. The largest absolute Gasteiger partial charge is 0.493 e. The van der Waals surface area contributed by atoms with Crippen LogP contribution in [-0.2, 0) is 16.1 Å². The lowest BCUT2D eigenvalue weighted by atomic mass is 9.95. The van der Waals surface area contributed by atoms with Gasteiger partial charge in [-0.1, -0.05) is 63.1 Å². The SMILES string of the molecule is CCOC(=O)C1=C(C(F)(F)F)N=c2s/c(=C\c3cc(Br)c(OCc4ccc(Br)cc4)c(OC)c3)c(=O)n2[C@@H]1c1ccc(Cl)cc1. The van der Waals surface area contributed by atoms with Crippen LogP contribution in [0.25, 0.3) is 6.08 Å². The number of esters is 1. The highest BCUT2D eigenvalue weighted by atomic mass is 79.9. The topological polar surface area (TPSA) is 79.1 Å². The zero-order valence-corrected chi connectivity index (χ0v) is 28.2. The molecule has 0 bridgehead atoms. The molecule has 0 spiro atoms. The van der Waals surface area contributed by atoms with Gasteiger partial charge in [-0.3, -0.25) is 9.36 Å². The Morgan fingerprint density at radius 2 is 1.80 bits per heavy atom. The summed E-state index contributed by atoms with van der Waals surface area (Å²) < 4.78 is 62.2. The smallest absolute Gasteiger partial charge is 0.434 e. The summed E-state index contributed by atoms with van der Waals surface area (Å²) in [5, 5.41) is 0.327. The number of rotatable bonds is 8. The predicted molar refractivity (Wildman–Crippen MR) is 171 cm³/mol. The summed E-state index contributed by atoms with van der Waals surface area (Å²) in [5.74, 6) is -0.436. The highest BCUT2D eigenvalue weighted by Gasteiger charge is 2.45. The van der Waals surface area contributed by atoms with Crippen LogP contribution in [0.5, 0.6) is 11.5 Å². The zero-order valence-electron chi connectivity index (χ0n) is 23.5. The first-order chi connectivity index (χ1) is 21.4. The lowest BCUT2D eigenvalue weighted by molar-refractivity contribution is -0.140. The van der Waals surface area contributed by atoms with E-state index < -0.39 is 35.0 Å². The molecule has 0 amide bonds. The van der Waals surface area contributed by atoms with E-state index >= 15 is 0 Å². The second kappa shape index (κ2) is 13.5. The minimum absolute atomic E-state index is 0.0804. The van der Waals surface area contributed by atoms with E-state index in [1.807, 2.05) is 24.3 Å². The number of allylic oxidation sites excluding steroid dienone is 1. The van der Waals surface area contributed by atoms with Crippen LogP contribution < -0.4 is 24.4 Å². The van der Waals surface area contributed by atoms with Crippen LogP contribution >= 0.6 is 54.8 Å². The second-order valence-electron chi connectivity index (χ2n) is 9.56. The van der Waals surface area contributed by atoms with Gasteiger partial charge < -0.3 is 14.2 Å². The quantitative estimate of drug-likeness (QED) is 0.178. The molecule has 0 radical (unpaired) electrons. The molecule has 0 N–H and O–H groups in total. The molecule has 1 atom stereocenters. The minimum atomic E-state index is -5.01. The number of thiazole rings is 1. The number of fused-ring (bicyclic) bond motifs is 1. The van der Waals surface area contributed by atoms with Gasteiger partial charge in [-0.05, 0) is 82.0 Å². The summed E-state index contributed by atoms with van der Waals surface area (Å²) in [7, 11) is 1.47. The Balaban J connectivity index is 1.63. The fourth-order valence-corrected chi connectivity index (χ4v) is 6.62. The second-order valence-corrected chi connectivity index (χ2v) is 12.8. The Morgan fingerprint density at radius 1 is 1.11 bits per heavy atom. The van der Waals surface area contributed by atoms with Crippen molar-refractivity contribution in [1.82, 2.24) is 4.57 Å². The fraction of sp³-hybridized carbons (Fsp3) is 0.194. The van der Waals surface area contributed by atoms with Gasteiger partial charge in [0.05, 0.1) is 34.3 Å². The van der Waals surface area contributed by atoms with E-state index in [4.69, 9.17) is 25.8 Å². The number of benzene rings is 3. The maximum atomic E-state index is 14.3. The van der Waals surface area contributed by atoms with Crippen LogP contribution in [0.4, 0.5) is 13.2 Å². The van der Waals surface area contributed by atoms with Gasteiger partial charge in [0.1, 0.15) is 6.61 Å². The van der Waals surface area contributed by atoms with Crippen molar-refractivity contribution in [3.8, 4) is 11.5 Å². The molecule has 1 aliphatic heterocycles. The van der Waals surface area contributed by atoms with Crippen LogP contribution in [0.1, 0.15) is 29.7 Å². The summed E-state index contributed by atoms with van der Waals surface area (Å²) in [6.45, 7) is 1.56. The van der Waals surface area contributed by atoms with Crippen molar-refractivity contribution in [2.24, 2.45) is 4.99 Å². The first kappa shape index (κ1) is 33.0. The molecule has 0 fully saturated rings. The number of nitrogens with zero attached hydrogens (tertiary/aromatic N) is 2. The van der Waals surface area contributed by atoms with Gasteiger partial charge in [-0.2, -0.15) is 13.2 Å². The van der Waals surface area contributed by atoms with Gasteiger partial charge in [-0.15, -0.1) is 0 Å². The normalized spacial score (nSPS) is 15.0. The number of alkyl halides is 3. The maximum absolute atomic E-state index is 14.3. The van der Waals surface area contributed by atoms with Crippen LogP contribution in [0.2, 0.25) is 5.02 Å². The van der Waals surface area contributed by atoms with E-state index in [2.05, 4.69) is 36.9 Å². The molecule has 14 heteroatoms. The summed E-state index contributed by atoms with van der Waals surface area (Å²) in [5.41, 5.74) is -1.21. The molecule has 4 aromatic rings. The molecule has 45 heavy (non-hydrogen) atoms. The number of aromatic nitrogens is 1. The van der Waals surface area contributed by atoms with Crippen molar-refractivity contribution in [3.63, 3.8) is 0 Å². The molecule has 0 unspecified atom stereocenters. The van der Waals surface area contributed by atoms with Crippen molar-refractivity contribution in [1.29, 1.82) is 0 Å². The van der Waals surface area contributed by atoms with Crippen molar-refractivity contribution in [2.75, 3.05) is 13.7 Å². The summed E-state index contributed by atoms with van der Waals surface area (Å²) in [6, 6.07) is 15.3. The van der Waals surface area contributed by atoms with Crippen LogP contribution in [-0.4, -0.2) is 30.4 Å². The third kappa shape index (κ3) is 7.06. The zero-order chi connectivity index (χ0) is 32.5. The van der Waals surface area contributed by atoms with Gasteiger partial charge in [0.2, 0.25) is 0 Å². The van der Waals surface area contributed by atoms with Gasteiger partial charge in [0.15, 0.2) is 22.0 Å². The van der Waals surface area contributed by atoms with Crippen LogP contribution in [0, 0.1) is 0 Å². The van der Waals surface area contributed by atoms with Gasteiger partial charge in [0, 0.05) is 9.50 Å². The number of hydrogen-bond acceptors (Lipinski definition) is 7. The lowest BCUT2D eigenvalue weighted by Gasteiger charge is -2.26. The summed E-state index contributed by atoms with van der Waals surface area (Å²) >= 11 is 13.7. The third-order valence-corrected chi connectivity index (χ3v) is 8.98. The number of halogens is 6. The molecule has 234 valence electrons. The molecule has 1 aromatic heterocycles. The molecule has 0 saturated heterocycles. The highest BCUT2D eigenvalue weighted by molar-refractivity contribution is 9.10. The average Bonchev–Trinajstić information content (AvgIpc) is 3.30. The highest BCUT2D eigenvalue weighted by Crippen LogP contribution is 2.39. The number of methoxy groups -OCH3 is 1. The number of carbonyl (C=O) groups excluding carboxylic acids is 1. The van der Waals surface area contributed by atoms with E-state index in [1.165, 1.54) is 44.4 Å². The average molecular weight is 787 g/mol. The molecule has 5 rings (SSSR count). The van der Waals surface area contributed by atoms with Crippen LogP contribution in [0.3, 0.4) is 0 Å². The molecular weight excluding hydrogens is 765 g/mol. The number of carbonyl (C=O) groups is 1. The predicted octanol–water partition coefficient (Wildman–Crippen LogP) is 7.11. The van der Waals surface area contributed by atoms with Gasteiger partial charge in [0.25, 0.3) is 5.56 Å². The lowest BCUT2D eigenvalue weighted by Crippen LogP contribution is -2.41. The number of ether oxygens (including phenoxy) is 3. The monoisotopic (exact) mass is 784 g/mol. The van der Waals surface area contributed by atoms with E-state index in [0.717, 1.165) is 25.9 Å². The van der Waals surface area contributed by atoms with Crippen molar-refractivity contribution < 1.29 is 32.2 Å². The van der Waals surface area contributed by atoms with E-state index in [1.54, 1.807) is 12.1 Å². The Bertz CT molecular complexity index is 1970. The molecule has 7 nitrogen and oxygen atoms in total. The molecular formula is C31H22Br2ClF3N2O5S. The Labute approximate surface area is 280 Å². The molecule has 3 aromatic carbocycles. The molecule has 2 heterocycles. The Morgan fingerprint density at radius 3 is 2.42 bits per heavy atom. The first-order valence-electron chi connectivity index (χ1n) is 13.2. The molecule has 1 aliphatic rings. The van der Waals surface area contributed by atoms with E-state index in [-0.39, 0.29) is 28.1 Å². The van der Waals surface area contributed by atoms with E-state index in [9.17, 15) is 22.8 Å². The Hall–Kier alpha value is -3.39. The maximum Gasteiger partial charge on any atom is 0.434 e. The first-order valence-corrected chi connectivity index (χ1v) is 16.0. The van der Waals surface area contributed by atoms with E-state index in [0.29, 0.717) is 26.6 Å². The summed E-state index contributed by atoms with van der Waals surface area (Å²) in [4.78, 5) is 30.4. The fourth-order valence-electron chi connectivity index (χ4n) is 4.65. The van der Waals surface area contributed by atoms with Gasteiger partial charge in [-0.25, -0.2) is 9.79 Å². The van der Waals surface area contributed by atoms with Crippen molar-refractivity contribution >= 4 is 66.8 Å². The molecule has 0 aliphatic carbocycles. The minimum Gasteiger partial charge on any atom is -0.493 e. The standard InChI is InChI=1S/C31H22Br2ClF3N2O5S/c1-3-43-29(41)24-25(18-6-10-20(34)11-7-18)39-28(40)23(45-30(39)38-27(24)31(35,36)37)14-17-12-21(33)26(22(13-17)42-2)44-15-16-4-8-19(32)9-5-16/h4-14,25H,3,15H2,1-2H3/b23-14-/t25-/m1/s1. The van der Waals surface area contributed by atoms with Crippen molar-refractivity contribution in [3.05, 3.63) is 122 Å². The molecule has 0 saturated carbocycles. The number of hydrogen-bond donors (Lipinski definition) is 0. The van der Waals surface area contributed by atoms with Crippen LogP contribution in [0.15, 0.2) is 90.7 Å². The summed E-state index contributed by atoms with van der Waals surface area (Å²) in [6.07, 6.45) is -3.50.